The zero-order chi connectivity index (χ0) is 7.40. The Hall–Kier alpha value is -0.830. The molecule has 0 unspecified atom stereocenters. The molecule has 3 heteroatoms. The van der Waals surface area contributed by atoms with Gasteiger partial charge in [-0.15, -0.1) is 0 Å². The van der Waals surface area contributed by atoms with E-state index < -0.39 is 0 Å². The molecule has 0 aliphatic rings. The molecule has 0 fully saturated rings. The van der Waals surface area contributed by atoms with Gasteiger partial charge in [0.1, 0.15) is 0 Å². The second kappa shape index (κ2) is 3.37. The second-order valence-electron chi connectivity index (χ2n) is 1.73. The van der Waals surface area contributed by atoms with E-state index in [4.69, 9.17) is 0 Å². The maximum atomic E-state index is 10.7. The lowest BCUT2D eigenvalue weighted by atomic mass is 10.2. The fourth-order valence-corrected chi connectivity index (χ4v) is 0.806. The van der Waals surface area contributed by atoms with Gasteiger partial charge < -0.3 is 3.83 Å². The van der Waals surface area contributed by atoms with Crippen LogP contribution in [0.5, 0.6) is 0 Å². The van der Waals surface area contributed by atoms with Crippen LogP contribution in [0.15, 0.2) is 30.3 Å². The predicted octanol–water partition coefficient (Wildman–Crippen LogP) is 2.15. The zero-order valence-electron chi connectivity index (χ0n) is 5.08. The average molecular weight is 201 g/mol. The minimum atomic E-state index is -0.374. The molecule has 0 saturated carbocycles. The molecule has 0 aliphatic carbocycles. The summed E-state index contributed by atoms with van der Waals surface area (Å²) in [5.41, 5.74) is 0.541. The van der Waals surface area contributed by atoms with Gasteiger partial charge in [-0.25, -0.2) is 4.79 Å². The molecule has 0 amide bonds. The standard InChI is InChI=1S/C7H5BrO2/c8-10-7(9)6-4-2-1-3-5-6/h1-5H. The highest BCUT2D eigenvalue weighted by Gasteiger charge is 2.02. The van der Waals surface area contributed by atoms with Crippen molar-refractivity contribution < 1.29 is 8.62 Å². The van der Waals surface area contributed by atoms with Gasteiger partial charge in [-0.1, -0.05) is 18.2 Å². The molecule has 0 atom stereocenters. The van der Waals surface area contributed by atoms with Crippen LogP contribution in [0.1, 0.15) is 10.4 Å². The molecule has 2 nitrogen and oxygen atoms in total. The summed E-state index contributed by atoms with van der Waals surface area (Å²) in [5.74, 6) is -0.374. The SMILES string of the molecule is O=C(OBr)c1ccccc1. The van der Waals surface area contributed by atoms with Crippen molar-refractivity contribution in [3.63, 3.8) is 0 Å². The van der Waals surface area contributed by atoms with Crippen molar-refractivity contribution in [1.29, 1.82) is 0 Å². The van der Waals surface area contributed by atoms with E-state index in [0.29, 0.717) is 5.56 Å². The highest BCUT2D eigenvalue weighted by atomic mass is 79.9. The summed E-state index contributed by atoms with van der Waals surface area (Å²) in [4.78, 5) is 10.7. The van der Waals surface area contributed by atoms with E-state index >= 15 is 0 Å². The van der Waals surface area contributed by atoms with E-state index in [1.165, 1.54) is 0 Å². The van der Waals surface area contributed by atoms with Gasteiger partial charge in [0.2, 0.25) is 0 Å². The topological polar surface area (TPSA) is 26.3 Å². The molecule has 0 saturated heterocycles. The smallest absolute Gasteiger partial charge is 0.349 e. The zero-order valence-corrected chi connectivity index (χ0v) is 6.67. The number of rotatable bonds is 1. The second-order valence-corrected chi connectivity index (χ2v) is 2.05. The minimum absolute atomic E-state index is 0.374. The first-order valence-electron chi connectivity index (χ1n) is 2.72. The molecule has 0 aromatic heterocycles. The average Bonchev–Trinajstić information content (AvgIpc) is 2.05. The lowest BCUT2D eigenvalue weighted by Crippen LogP contribution is -1.95. The molecule has 0 aliphatic heterocycles. The van der Waals surface area contributed by atoms with Crippen LogP contribution in [-0.2, 0) is 3.83 Å². The number of benzene rings is 1. The summed E-state index contributed by atoms with van der Waals surface area (Å²) in [6.07, 6.45) is 0. The van der Waals surface area contributed by atoms with Gasteiger partial charge in [0.25, 0.3) is 0 Å². The van der Waals surface area contributed by atoms with Crippen molar-refractivity contribution in [3.05, 3.63) is 35.9 Å². The van der Waals surface area contributed by atoms with Crippen LogP contribution in [0, 0.1) is 0 Å². The van der Waals surface area contributed by atoms with E-state index in [1.54, 1.807) is 24.3 Å². The Bertz CT molecular complexity index is 220. The van der Waals surface area contributed by atoms with Crippen LogP contribution < -0.4 is 0 Å². The van der Waals surface area contributed by atoms with Gasteiger partial charge in [-0.2, -0.15) is 0 Å². The molecule has 0 radical (unpaired) electrons. The number of carbonyl (C=O) groups excluding carboxylic acids is 1. The molecular formula is C7H5BrO2. The van der Waals surface area contributed by atoms with Gasteiger partial charge in [-0.3, -0.25) is 0 Å². The lowest BCUT2D eigenvalue weighted by Gasteiger charge is -1.92. The third kappa shape index (κ3) is 1.57. The Morgan fingerprint density at radius 1 is 1.30 bits per heavy atom. The number of halogens is 1. The molecular weight excluding hydrogens is 196 g/mol. The summed E-state index contributed by atoms with van der Waals surface area (Å²) in [5, 5.41) is 0. The first kappa shape index (κ1) is 7.28. The third-order valence-electron chi connectivity index (χ3n) is 1.08. The minimum Gasteiger partial charge on any atom is -0.380 e. The molecule has 0 N–H and O–H groups in total. The van der Waals surface area contributed by atoms with Gasteiger partial charge in [0, 0.05) is 0 Å². The summed E-state index contributed by atoms with van der Waals surface area (Å²) in [7, 11) is 0. The van der Waals surface area contributed by atoms with E-state index in [0.717, 1.165) is 0 Å². The molecule has 0 spiro atoms. The van der Waals surface area contributed by atoms with Crippen LogP contribution in [0.25, 0.3) is 0 Å². The first-order valence-corrected chi connectivity index (χ1v) is 3.37. The van der Waals surface area contributed by atoms with Crippen LogP contribution in [-0.4, -0.2) is 5.97 Å². The predicted molar refractivity (Wildman–Crippen MR) is 40.8 cm³/mol. The van der Waals surface area contributed by atoms with E-state index in [2.05, 4.69) is 20.1 Å². The van der Waals surface area contributed by atoms with Crippen LogP contribution in [0.4, 0.5) is 0 Å². The van der Waals surface area contributed by atoms with E-state index in [1.807, 2.05) is 6.07 Å². The Labute approximate surface area is 67.3 Å². The number of carbonyl (C=O) groups is 1. The fraction of sp³-hybridized carbons (Fsp3) is 0. The van der Waals surface area contributed by atoms with Crippen molar-refractivity contribution >= 4 is 22.2 Å². The first-order chi connectivity index (χ1) is 4.84. The lowest BCUT2D eigenvalue weighted by molar-refractivity contribution is 0.0782. The van der Waals surface area contributed by atoms with Crippen molar-refractivity contribution in [3.8, 4) is 0 Å². The highest BCUT2D eigenvalue weighted by molar-refractivity contribution is 9.06. The van der Waals surface area contributed by atoms with Crippen molar-refractivity contribution in [2.75, 3.05) is 0 Å². The maximum absolute atomic E-state index is 10.7. The number of hydrogen-bond acceptors (Lipinski definition) is 2. The van der Waals surface area contributed by atoms with Crippen LogP contribution in [0.3, 0.4) is 0 Å². The molecule has 1 aromatic rings. The molecule has 10 heavy (non-hydrogen) atoms. The third-order valence-corrected chi connectivity index (χ3v) is 1.37. The van der Waals surface area contributed by atoms with Crippen molar-refractivity contribution in [2.24, 2.45) is 0 Å². The number of hydrogen-bond donors (Lipinski definition) is 0. The quantitative estimate of drug-likeness (QED) is 0.695. The Balaban J connectivity index is 2.85. The van der Waals surface area contributed by atoms with Gasteiger partial charge in [0.15, 0.2) is 16.3 Å². The van der Waals surface area contributed by atoms with Gasteiger partial charge in [-0.05, 0) is 12.1 Å². The van der Waals surface area contributed by atoms with E-state index in [-0.39, 0.29) is 5.97 Å². The van der Waals surface area contributed by atoms with Crippen molar-refractivity contribution in [1.82, 2.24) is 0 Å². The largest absolute Gasteiger partial charge is 0.380 e. The van der Waals surface area contributed by atoms with Crippen molar-refractivity contribution in [2.45, 2.75) is 0 Å². The highest BCUT2D eigenvalue weighted by Crippen LogP contribution is 2.02. The summed E-state index contributed by atoms with van der Waals surface area (Å²) >= 11 is 2.60. The molecule has 1 rings (SSSR count). The van der Waals surface area contributed by atoms with Crippen LogP contribution >= 0.6 is 16.3 Å². The summed E-state index contributed by atoms with van der Waals surface area (Å²) < 4.78 is 4.31. The van der Waals surface area contributed by atoms with Gasteiger partial charge >= 0.3 is 5.97 Å². The molecule has 0 bridgehead atoms. The monoisotopic (exact) mass is 200 g/mol. The Morgan fingerprint density at radius 3 is 2.40 bits per heavy atom. The summed E-state index contributed by atoms with van der Waals surface area (Å²) in [6, 6.07) is 8.76. The summed E-state index contributed by atoms with van der Waals surface area (Å²) in [6.45, 7) is 0. The normalized spacial score (nSPS) is 8.90. The Kier molecular flexibility index (Phi) is 2.45. The molecule has 52 valence electrons. The van der Waals surface area contributed by atoms with Gasteiger partial charge in [0.05, 0.1) is 5.56 Å². The molecule has 1 aromatic carbocycles. The maximum Gasteiger partial charge on any atom is 0.349 e. The molecule has 0 heterocycles. The fourth-order valence-electron chi connectivity index (χ4n) is 0.619. The Morgan fingerprint density at radius 2 is 1.90 bits per heavy atom. The van der Waals surface area contributed by atoms with Crippen LogP contribution in [0.2, 0.25) is 0 Å². The van der Waals surface area contributed by atoms with E-state index in [9.17, 15) is 4.79 Å².